The molecule has 0 N–H and O–H groups in total. The van der Waals surface area contributed by atoms with Crippen LogP contribution < -0.4 is 0 Å². The molecular formula is C19H18OS2. The summed E-state index contributed by atoms with van der Waals surface area (Å²) >= 11 is 3.62. The molecule has 0 unspecified atom stereocenters. The lowest BCUT2D eigenvalue weighted by atomic mass is 9.88. The summed E-state index contributed by atoms with van der Waals surface area (Å²) in [5, 5.41) is 4.89. The van der Waals surface area contributed by atoms with Crippen LogP contribution in [0.2, 0.25) is 0 Å². The maximum atomic E-state index is 5.43. The number of rotatable bonds is 1. The minimum atomic E-state index is 0.453. The first-order valence-corrected chi connectivity index (χ1v) is 9.47. The van der Waals surface area contributed by atoms with Crippen LogP contribution in [0.15, 0.2) is 29.6 Å². The molecule has 0 saturated heterocycles. The van der Waals surface area contributed by atoms with Gasteiger partial charge in [0, 0.05) is 33.2 Å². The van der Waals surface area contributed by atoms with E-state index in [0.717, 1.165) is 12.8 Å². The van der Waals surface area contributed by atoms with Gasteiger partial charge >= 0.3 is 0 Å². The van der Waals surface area contributed by atoms with Crippen molar-refractivity contribution in [3.63, 3.8) is 0 Å². The van der Waals surface area contributed by atoms with E-state index in [9.17, 15) is 0 Å². The second-order valence-electron chi connectivity index (χ2n) is 5.90. The van der Waals surface area contributed by atoms with E-state index in [4.69, 9.17) is 4.74 Å². The molecule has 3 heteroatoms. The van der Waals surface area contributed by atoms with Crippen molar-refractivity contribution in [3.8, 4) is 11.8 Å². The molecular weight excluding hydrogens is 308 g/mol. The fourth-order valence-corrected chi connectivity index (χ4v) is 4.98. The number of hydrogen-bond donors (Lipinski definition) is 0. The van der Waals surface area contributed by atoms with Crippen molar-refractivity contribution in [1.82, 2.24) is 0 Å². The smallest absolute Gasteiger partial charge is 0.0781 e. The summed E-state index contributed by atoms with van der Waals surface area (Å²) in [5.41, 5.74) is 0. The zero-order chi connectivity index (χ0) is 14.9. The third-order valence-electron chi connectivity index (χ3n) is 4.54. The lowest BCUT2D eigenvalue weighted by molar-refractivity contribution is 0.0637. The first kappa shape index (κ1) is 14.3. The van der Waals surface area contributed by atoms with E-state index in [1.54, 1.807) is 11.3 Å². The third kappa shape index (κ3) is 2.67. The van der Waals surface area contributed by atoms with E-state index in [-0.39, 0.29) is 0 Å². The van der Waals surface area contributed by atoms with E-state index >= 15 is 0 Å². The molecule has 2 heterocycles. The Bertz CT molecular complexity index is 854. The maximum absolute atomic E-state index is 5.43. The van der Waals surface area contributed by atoms with Crippen LogP contribution in [0, 0.1) is 17.8 Å². The van der Waals surface area contributed by atoms with Crippen LogP contribution in [0.3, 0.4) is 0 Å². The lowest BCUT2D eigenvalue weighted by Crippen LogP contribution is -2.19. The number of fused-ring (bicyclic) bond motifs is 3. The quantitative estimate of drug-likeness (QED) is 0.523. The molecule has 0 spiro atoms. The molecule has 3 aromatic rings. The molecule has 0 atom stereocenters. The fraction of sp³-hybridized carbons (Fsp3) is 0.368. The number of benzene rings is 1. The molecule has 1 fully saturated rings. The minimum Gasteiger partial charge on any atom is -0.381 e. The zero-order valence-corrected chi connectivity index (χ0v) is 14.2. The first-order chi connectivity index (χ1) is 10.8. The van der Waals surface area contributed by atoms with Gasteiger partial charge in [-0.25, -0.2) is 0 Å². The van der Waals surface area contributed by atoms with Gasteiger partial charge in [-0.05, 0) is 55.3 Å². The molecule has 1 aliphatic rings. The van der Waals surface area contributed by atoms with Gasteiger partial charge in [0.15, 0.2) is 0 Å². The topological polar surface area (TPSA) is 9.23 Å². The van der Waals surface area contributed by atoms with Gasteiger partial charge in [-0.3, -0.25) is 0 Å². The van der Waals surface area contributed by atoms with Crippen LogP contribution >= 0.6 is 22.7 Å². The van der Waals surface area contributed by atoms with Crippen LogP contribution in [0.4, 0.5) is 0 Å². The van der Waals surface area contributed by atoms with Crippen molar-refractivity contribution in [1.29, 1.82) is 0 Å². The van der Waals surface area contributed by atoms with Gasteiger partial charge < -0.3 is 4.74 Å². The van der Waals surface area contributed by atoms with Crippen LogP contribution in [-0.4, -0.2) is 13.2 Å². The van der Waals surface area contributed by atoms with Gasteiger partial charge in [-0.2, -0.15) is 0 Å². The summed E-state index contributed by atoms with van der Waals surface area (Å²) in [4.78, 5) is 1.20. The molecule has 0 amide bonds. The molecule has 0 bridgehead atoms. The number of ether oxygens (including phenoxy) is 1. The number of methoxy groups -OCH3 is 1. The predicted octanol–water partition coefficient (Wildman–Crippen LogP) is 5.67. The third-order valence-corrected chi connectivity index (χ3v) is 6.44. The van der Waals surface area contributed by atoms with Gasteiger partial charge in [-0.1, -0.05) is 11.8 Å². The number of thiophene rings is 2. The molecule has 1 aromatic carbocycles. The van der Waals surface area contributed by atoms with E-state index in [0.29, 0.717) is 12.0 Å². The molecule has 0 aliphatic heterocycles. The summed E-state index contributed by atoms with van der Waals surface area (Å²) in [7, 11) is 1.82. The number of hydrogen-bond acceptors (Lipinski definition) is 3. The van der Waals surface area contributed by atoms with E-state index < -0.39 is 0 Å². The molecule has 1 saturated carbocycles. The zero-order valence-electron chi connectivity index (χ0n) is 12.6. The highest BCUT2D eigenvalue weighted by atomic mass is 32.1. The molecule has 22 heavy (non-hydrogen) atoms. The Kier molecular flexibility index (Phi) is 3.92. The second-order valence-corrected chi connectivity index (χ2v) is 7.93. The Morgan fingerprint density at radius 1 is 1.05 bits per heavy atom. The van der Waals surface area contributed by atoms with Crippen molar-refractivity contribution in [2.45, 2.75) is 31.8 Å². The Hall–Kier alpha value is -1.34. The van der Waals surface area contributed by atoms with Crippen molar-refractivity contribution in [2.24, 2.45) is 5.92 Å². The Labute approximate surface area is 138 Å². The highest BCUT2D eigenvalue weighted by molar-refractivity contribution is 7.20. The van der Waals surface area contributed by atoms with Crippen LogP contribution in [0.25, 0.3) is 20.2 Å². The predicted molar refractivity (Wildman–Crippen MR) is 96.8 cm³/mol. The van der Waals surface area contributed by atoms with Gasteiger partial charge in [0.1, 0.15) is 0 Å². The highest BCUT2D eigenvalue weighted by Crippen LogP contribution is 2.34. The average Bonchev–Trinajstić information content (AvgIpc) is 3.18. The van der Waals surface area contributed by atoms with Crippen LogP contribution in [0.1, 0.15) is 30.6 Å². The standard InChI is InChI=1S/C19H18OS2/c1-20-14-5-2-13(3-6-14)4-7-15-12-17-16-10-11-21-18(16)8-9-19(17)22-15/h8-14H,2-3,5-6H2,1H3. The van der Waals surface area contributed by atoms with Crippen molar-refractivity contribution >= 4 is 42.8 Å². The van der Waals surface area contributed by atoms with E-state index in [1.807, 2.05) is 18.4 Å². The largest absolute Gasteiger partial charge is 0.381 e. The molecule has 4 rings (SSSR count). The fourth-order valence-electron chi connectivity index (χ4n) is 3.24. The summed E-state index contributed by atoms with van der Waals surface area (Å²) in [6.45, 7) is 0. The maximum Gasteiger partial charge on any atom is 0.0781 e. The second kappa shape index (κ2) is 6.04. The normalized spacial score (nSPS) is 21.9. The van der Waals surface area contributed by atoms with Crippen LogP contribution in [0.5, 0.6) is 0 Å². The summed E-state index contributed by atoms with van der Waals surface area (Å²) < 4.78 is 8.14. The van der Waals surface area contributed by atoms with Crippen LogP contribution in [-0.2, 0) is 4.74 Å². The Morgan fingerprint density at radius 3 is 2.68 bits per heavy atom. The summed E-state index contributed by atoms with van der Waals surface area (Å²) in [5.74, 6) is 7.46. The SMILES string of the molecule is COC1CCC(C#Cc2cc3c(ccc4sccc43)s2)CC1. The van der Waals surface area contributed by atoms with Crippen molar-refractivity contribution < 1.29 is 4.74 Å². The van der Waals surface area contributed by atoms with Gasteiger partial charge in [-0.15, -0.1) is 22.7 Å². The first-order valence-electron chi connectivity index (χ1n) is 7.77. The summed E-state index contributed by atoms with van der Waals surface area (Å²) in [6.07, 6.45) is 5.10. The van der Waals surface area contributed by atoms with Gasteiger partial charge in [0.2, 0.25) is 0 Å². The summed E-state index contributed by atoms with van der Waals surface area (Å²) in [6, 6.07) is 8.94. The van der Waals surface area contributed by atoms with Crippen molar-refractivity contribution in [2.75, 3.05) is 7.11 Å². The van der Waals surface area contributed by atoms with E-state index in [2.05, 4.69) is 41.5 Å². The van der Waals surface area contributed by atoms with Gasteiger partial charge in [0.25, 0.3) is 0 Å². The average molecular weight is 326 g/mol. The van der Waals surface area contributed by atoms with Crippen molar-refractivity contribution in [3.05, 3.63) is 34.5 Å². The molecule has 0 radical (unpaired) electrons. The minimum absolute atomic E-state index is 0.453. The van der Waals surface area contributed by atoms with Gasteiger partial charge in [0.05, 0.1) is 11.0 Å². The van der Waals surface area contributed by atoms with E-state index in [1.165, 1.54) is 37.9 Å². The molecule has 1 nitrogen and oxygen atoms in total. The Balaban J connectivity index is 1.59. The molecule has 112 valence electrons. The molecule has 2 aromatic heterocycles. The highest BCUT2D eigenvalue weighted by Gasteiger charge is 2.19. The lowest BCUT2D eigenvalue weighted by Gasteiger charge is -2.24. The monoisotopic (exact) mass is 326 g/mol. The molecule has 1 aliphatic carbocycles. The Morgan fingerprint density at radius 2 is 1.86 bits per heavy atom.